The first-order valence-electron chi connectivity index (χ1n) is 9.50. The smallest absolute Gasteiger partial charge is 0.282 e. The van der Waals surface area contributed by atoms with E-state index in [-0.39, 0.29) is 18.1 Å². The van der Waals surface area contributed by atoms with E-state index in [0.29, 0.717) is 33.8 Å². The van der Waals surface area contributed by atoms with Crippen LogP contribution in [0.1, 0.15) is 37.6 Å². The van der Waals surface area contributed by atoms with E-state index < -0.39 is 0 Å². The molecule has 7 heteroatoms. The molecule has 30 heavy (non-hydrogen) atoms. The molecule has 0 fully saturated rings. The highest BCUT2D eigenvalue weighted by atomic mass is 79.9. The Bertz CT molecular complexity index is 1190. The van der Waals surface area contributed by atoms with Gasteiger partial charge in [0.15, 0.2) is 11.5 Å². The summed E-state index contributed by atoms with van der Waals surface area (Å²) in [5, 5.41) is 4.97. The lowest BCUT2D eigenvalue weighted by Crippen LogP contribution is -2.23. The molecule has 0 radical (unpaired) electrons. The highest BCUT2D eigenvalue weighted by Crippen LogP contribution is 2.30. The summed E-state index contributed by atoms with van der Waals surface area (Å²) in [4.78, 5) is 17.9. The summed E-state index contributed by atoms with van der Waals surface area (Å²) in [5.74, 6) is 4.09. The Morgan fingerprint density at radius 3 is 2.87 bits per heavy atom. The molecule has 0 spiro atoms. The Labute approximate surface area is 183 Å². The number of aromatic nitrogens is 2. The van der Waals surface area contributed by atoms with Gasteiger partial charge in [0.1, 0.15) is 12.4 Å². The summed E-state index contributed by atoms with van der Waals surface area (Å²) >= 11 is 3.42. The molecule has 0 saturated carbocycles. The molecular weight excluding hydrogens is 446 g/mol. The van der Waals surface area contributed by atoms with Crippen LogP contribution in [0, 0.1) is 12.3 Å². The molecule has 0 N–H and O–H groups in total. The average Bonchev–Trinajstić information content (AvgIpc) is 2.76. The summed E-state index contributed by atoms with van der Waals surface area (Å²) in [6.45, 7) is 4.15. The van der Waals surface area contributed by atoms with Crippen LogP contribution in [0.2, 0.25) is 0 Å². The lowest BCUT2D eigenvalue weighted by molar-refractivity contribution is 0.330. The number of benzene rings is 2. The van der Waals surface area contributed by atoms with Crippen molar-refractivity contribution in [3.05, 3.63) is 62.6 Å². The van der Waals surface area contributed by atoms with E-state index in [2.05, 4.69) is 27.0 Å². The fraction of sp³-hybridized carbons (Fsp3) is 0.261. The number of nitrogens with zero attached hydrogens (tertiary/aromatic N) is 3. The Balaban J connectivity index is 2.18. The molecule has 0 bridgehead atoms. The molecule has 0 aliphatic heterocycles. The molecule has 0 aliphatic rings. The first-order valence-corrected chi connectivity index (χ1v) is 10.3. The molecule has 1 atom stereocenters. The van der Waals surface area contributed by atoms with E-state index >= 15 is 0 Å². The number of para-hydroxylation sites is 1. The first-order chi connectivity index (χ1) is 14.5. The molecule has 0 unspecified atom stereocenters. The predicted molar refractivity (Wildman–Crippen MR) is 123 cm³/mol. The summed E-state index contributed by atoms with van der Waals surface area (Å²) < 4.78 is 13.2. The maximum absolute atomic E-state index is 13.2. The van der Waals surface area contributed by atoms with Crippen LogP contribution in [0.3, 0.4) is 0 Å². The van der Waals surface area contributed by atoms with Gasteiger partial charge in [-0.1, -0.05) is 41.8 Å². The summed E-state index contributed by atoms with van der Waals surface area (Å²) in [6, 6.07) is 10.9. The largest absolute Gasteiger partial charge is 0.493 e. The number of methoxy groups -OCH3 is 1. The fourth-order valence-corrected chi connectivity index (χ4v) is 3.32. The molecule has 2 aromatic carbocycles. The topological polar surface area (TPSA) is 65.7 Å². The molecule has 3 aromatic rings. The molecule has 0 saturated heterocycles. The maximum Gasteiger partial charge on any atom is 0.282 e. The maximum atomic E-state index is 13.2. The molecule has 154 valence electrons. The van der Waals surface area contributed by atoms with Gasteiger partial charge in [-0.25, -0.2) is 4.98 Å². The number of ether oxygens (including phenoxy) is 2. The Hall–Kier alpha value is -3.11. The third-order valence-electron chi connectivity index (χ3n) is 4.73. The van der Waals surface area contributed by atoms with Crippen molar-refractivity contribution in [2.75, 3.05) is 13.7 Å². The second-order valence-electron chi connectivity index (χ2n) is 6.67. The van der Waals surface area contributed by atoms with Crippen LogP contribution in [0.4, 0.5) is 0 Å². The van der Waals surface area contributed by atoms with Crippen LogP contribution in [0.5, 0.6) is 11.5 Å². The number of halogens is 1. The van der Waals surface area contributed by atoms with E-state index in [1.165, 1.54) is 4.68 Å². The third kappa shape index (κ3) is 4.39. The van der Waals surface area contributed by atoms with Gasteiger partial charge in [0.05, 0.1) is 24.2 Å². The summed E-state index contributed by atoms with van der Waals surface area (Å²) in [5.41, 5.74) is 1.05. The van der Waals surface area contributed by atoms with Gasteiger partial charge in [0, 0.05) is 16.0 Å². The van der Waals surface area contributed by atoms with Gasteiger partial charge in [-0.3, -0.25) is 4.79 Å². The lowest BCUT2D eigenvalue weighted by atomic mass is 10.1. The number of terminal acetylenes is 1. The standard InChI is InChI=1S/C23H22BrN3O3/c1-5-12-30-21-16(8-7-9-20(21)29-4)14-25-27-22(15(3)6-2)26-19-11-10-17(24)13-18(19)23(27)28/h1,7-11,13-15H,6,12H2,2-4H3/t15-/m0/s1. The van der Waals surface area contributed by atoms with Crippen molar-refractivity contribution in [2.45, 2.75) is 26.2 Å². The number of hydrogen-bond donors (Lipinski definition) is 0. The fourth-order valence-electron chi connectivity index (χ4n) is 2.96. The quantitative estimate of drug-likeness (QED) is 0.376. The highest BCUT2D eigenvalue weighted by Gasteiger charge is 2.16. The van der Waals surface area contributed by atoms with Crippen molar-refractivity contribution in [1.29, 1.82) is 0 Å². The van der Waals surface area contributed by atoms with Gasteiger partial charge in [-0.2, -0.15) is 9.78 Å². The average molecular weight is 468 g/mol. The second kappa shape index (κ2) is 9.59. The zero-order valence-corrected chi connectivity index (χ0v) is 18.6. The Morgan fingerprint density at radius 1 is 1.37 bits per heavy atom. The van der Waals surface area contributed by atoms with E-state index in [0.717, 1.165) is 10.9 Å². The Kier molecular flexibility index (Phi) is 6.91. The summed E-state index contributed by atoms with van der Waals surface area (Å²) in [6.07, 6.45) is 7.71. The summed E-state index contributed by atoms with van der Waals surface area (Å²) in [7, 11) is 1.55. The van der Waals surface area contributed by atoms with Crippen molar-refractivity contribution < 1.29 is 9.47 Å². The monoisotopic (exact) mass is 467 g/mol. The van der Waals surface area contributed by atoms with Crippen LogP contribution in [-0.4, -0.2) is 29.6 Å². The van der Waals surface area contributed by atoms with Crippen LogP contribution < -0.4 is 15.0 Å². The Morgan fingerprint density at radius 2 is 2.17 bits per heavy atom. The van der Waals surface area contributed by atoms with E-state index in [1.54, 1.807) is 25.5 Å². The third-order valence-corrected chi connectivity index (χ3v) is 5.22. The highest BCUT2D eigenvalue weighted by molar-refractivity contribution is 9.10. The first kappa shape index (κ1) is 21.6. The normalized spacial score (nSPS) is 12.1. The van der Waals surface area contributed by atoms with Crippen LogP contribution in [0.25, 0.3) is 10.9 Å². The minimum atomic E-state index is -0.234. The van der Waals surface area contributed by atoms with Crippen molar-refractivity contribution in [3.63, 3.8) is 0 Å². The zero-order chi connectivity index (χ0) is 21.7. The van der Waals surface area contributed by atoms with E-state index in [1.807, 2.05) is 38.1 Å². The van der Waals surface area contributed by atoms with Gasteiger partial charge >= 0.3 is 0 Å². The molecule has 3 rings (SSSR count). The van der Waals surface area contributed by atoms with Gasteiger partial charge in [0.2, 0.25) is 0 Å². The molecule has 1 aromatic heterocycles. The van der Waals surface area contributed by atoms with Gasteiger partial charge in [-0.05, 0) is 36.8 Å². The van der Waals surface area contributed by atoms with Crippen molar-refractivity contribution >= 4 is 33.0 Å². The zero-order valence-electron chi connectivity index (χ0n) is 17.1. The number of hydrogen-bond acceptors (Lipinski definition) is 5. The van der Waals surface area contributed by atoms with E-state index in [9.17, 15) is 4.79 Å². The minimum Gasteiger partial charge on any atom is -0.493 e. The van der Waals surface area contributed by atoms with E-state index in [4.69, 9.17) is 20.9 Å². The van der Waals surface area contributed by atoms with Crippen molar-refractivity contribution in [1.82, 2.24) is 9.66 Å². The number of fused-ring (bicyclic) bond motifs is 1. The predicted octanol–water partition coefficient (Wildman–Crippen LogP) is 4.58. The van der Waals surface area contributed by atoms with Crippen molar-refractivity contribution in [3.8, 4) is 23.8 Å². The van der Waals surface area contributed by atoms with Crippen LogP contribution in [0.15, 0.2) is 50.8 Å². The van der Waals surface area contributed by atoms with Gasteiger partial charge in [0.25, 0.3) is 5.56 Å². The number of rotatable bonds is 7. The van der Waals surface area contributed by atoms with Gasteiger partial charge < -0.3 is 9.47 Å². The molecular formula is C23H22BrN3O3. The second-order valence-corrected chi connectivity index (χ2v) is 7.59. The lowest BCUT2D eigenvalue weighted by Gasteiger charge is -2.14. The SMILES string of the molecule is C#CCOc1c(C=Nn2c([C@@H](C)CC)nc3ccc(Br)cc3c2=O)cccc1OC. The van der Waals surface area contributed by atoms with Gasteiger partial charge in [-0.15, -0.1) is 6.42 Å². The molecule has 0 aliphatic carbocycles. The molecule has 6 nitrogen and oxygen atoms in total. The molecule has 0 amide bonds. The van der Waals surface area contributed by atoms with Crippen LogP contribution >= 0.6 is 15.9 Å². The molecule has 1 heterocycles. The van der Waals surface area contributed by atoms with Crippen molar-refractivity contribution in [2.24, 2.45) is 5.10 Å². The minimum absolute atomic E-state index is 0.0466. The van der Waals surface area contributed by atoms with Crippen LogP contribution in [-0.2, 0) is 0 Å².